The predicted octanol–water partition coefficient (Wildman–Crippen LogP) is 4.09. The van der Waals surface area contributed by atoms with Gasteiger partial charge in [-0.05, 0) is 12.0 Å². The molecular weight excluding hydrogens is 212 g/mol. The summed E-state index contributed by atoms with van der Waals surface area (Å²) in [4.78, 5) is 11.1. The minimum absolute atomic E-state index is 0.446. The van der Waals surface area contributed by atoms with E-state index < -0.39 is 11.9 Å². The van der Waals surface area contributed by atoms with Crippen molar-refractivity contribution in [2.45, 2.75) is 51.4 Å². The molecule has 1 radical (unpaired) electrons. The van der Waals surface area contributed by atoms with E-state index in [1.165, 1.54) is 19.3 Å². The van der Waals surface area contributed by atoms with Gasteiger partial charge in [-0.2, -0.15) is 0 Å². The number of hydrogen-bond acceptors (Lipinski definition) is 1. The van der Waals surface area contributed by atoms with Crippen molar-refractivity contribution in [3.63, 3.8) is 0 Å². The van der Waals surface area contributed by atoms with Crippen molar-refractivity contribution in [1.82, 2.24) is 0 Å². The van der Waals surface area contributed by atoms with E-state index in [2.05, 4.69) is 6.92 Å². The van der Waals surface area contributed by atoms with Gasteiger partial charge < -0.3 is 0 Å². The van der Waals surface area contributed by atoms with Crippen molar-refractivity contribution in [3.05, 3.63) is 35.9 Å². The van der Waals surface area contributed by atoms with Crippen molar-refractivity contribution < 1.29 is 9.90 Å². The third-order valence-corrected chi connectivity index (χ3v) is 3.08. The molecule has 1 rings (SSSR count). The van der Waals surface area contributed by atoms with Crippen LogP contribution >= 0.6 is 0 Å². The Balaban J connectivity index is 2.42. The number of rotatable bonds is 8. The standard InChI is InChI=1S/C15H21O2/c1-2-3-4-5-9-12-14(15(16)17)13-10-7-6-8-11-13/h6-8,10-11,14H,2-5,9,12H2,1H3. The normalized spacial score (nSPS) is 12.3. The van der Waals surface area contributed by atoms with Gasteiger partial charge in [0.2, 0.25) is 0 Å². The summed E-state index contributed by atoms with van der Waals surface area (Å²) in [5.74, 6) is -1.40. The maximum Gasteiger partial charge on any atom is 0.362 e. The smallest absolute Gasteiger partial charge is 0.247 e. The lowest BCUT2D eigenvalue weighted by atomic mass is 9.93. The van der Waals surface area contributed by atoms with E-state index in [1.54, 1.807) is 0 Å². The predicted molar refractivity (Wildman–Crippen MR) is 68.3 cm³/mol. The van der Waals surface area contributed by atoms with E-state index in [0.717, 1.165) is 18.4 Å². The van der Waals surface area contributed by atoms with E-state index in [-0.39, 0.29) is 0 Å². The molecule has 2 heteroatoms. The molecule has 0 aromatic heterocycles. The van der Waals surface area contributed by atoms with E-state index in [1.807, 2.05) is 30.3 Å². The first-order chi connectivity index (χ1) is 8.25. The van der Waals surface area contributed by atoms with E-state index in [4.69, 9.17) is 0 Å². The molecule has 0 saturated carbocycles. The SMILES string of the molecule is CCCCCCCC(C([O])=O)c1ccccc1. The molecule has 0 fully saturated rings. The highest BCUT2D eigenvalue weighted by atomic mass is 16.4. The van der Waals surface area contributed by atoms with Crippen LogP contribution in [0.2, 0.25) is 0 Å². The van der Waals surface area contributed by atoms with Gasteiger partial charge in [-0.25, -0.2) is 9.90 Å². The van der Waals surface area contributed by atoms with Gasteiger partial charge in [-0.3, -0.25) is 0 Å². The maximum absolute atomic E-state index is 11.1. The summed E-state index contributed by atoms with van der Waals surface area (Å²) in [5.41, 5.74) is 0.864. The number of carbonyl (C=O) groups excluding carboxylic acids is 1. The van der Waals surface area contributed by atoms with Crippen molar-refractivity contribution in [1.29, 1.82) is 0 Å². The Kier molecular flexibility index (Phi) is 6.38. The highest BCUT2D eigenvalue weighted by molar-refractivity contribution is 5.75. The summed E-state index contributed by atoms with van der Waals surface area (Å²) < 4.78 is 0. The first kappa shape index (κ1) is 13.8. The molecule has 0 aliphatic heterocycles. The second-order valence-corrected chi connectivity index (χ2v) is 4.49. The molecule has 93 valence electrons. The molecule has 0 heterocycles. The van der Waals surface area contributed by atoms with Crippen LogP contribution in [0.4, 0.5) is 0 Å². The van der Waals surface area contributed by atoms with E-state index >= 15 is 0 Å². The van der Waals surface area contributed by atoms with Gasteiger partial charge in [0.15, 0.2) is 0 Å². The van der Waals surface area contributed by atoms with Gasteiger partial charge in [0.25, 0.3) is 0 Å². The molecule has 1 aromatic carbocycles. The van der Waals surface area contributed by atoms with E-state index in [0.29, 0.717) is 6.42 Å². The zero-order valence-corrected chi connectivity index (χ0v) is 10.5. The Morgan fingerprint density at radius 2 is 1.71 bits per heavy atom. The first-order valence-corrected chi connectivity index (χ1v) is 6.51. The van der Waals surface area contributed by atoms with Gasteiger partial charge in [0, 0.05) is 0 Å². The van der Waals surface area contributed by atoms with Crippen molar-refractivity contribution >= 4 is 5.97 Å². The quantitative estimate of drug-likeness (QED) is 0.623. The molecule has 1 unspecified atom stereocenters. The average molecular weight is 233 g/mol. The molecular formula is C15H21O2. The molecule has 0 amide bonds. The zero-order valence-electron chi connectivity index (χ0n) is 10.5. The Morgan fingerprint density at radius 1 is 1.06 bits per heavy atom. The van der Waals surface area contributed by atoms with Crippen LogP contribution in [0, 0.1) is 0 Å². The molecule has 0 bridgehead atoms. The van der Waals surface area contributed by atoms with Crippen LogP contribution in [0.3, 0.4) is 0 Å². The van der Waals surface area contributed by atoms with Gasteiger partial charge in [0.05, 0.1) is 5.92 Å². The molecule has 0 saturated heterocycles. The largest absolute Gasteiger partial charge is 0.362 e. The van der Waals surface area contributed by atoms with Crippen molar-refractivity contribution in [3.8, 4) is 0 Å². The third kappa shape index (κ3) is 5.03. The molecule has 1 atom stereocenters. The number of benzene rings is 1. The highest BCUT2D eigenvalue weighted by Gasteiger charge is 2.20. The molecule has 0 N–H and O–H groups in total. The fourth-order valence-electron chi connectivity index (χ4n) is 2.06. The molecule has 17 heavy (non-hydrogen) atoms. The minimum Gasteiger partial charge on any atom is -0.247 e. The Hall–Kier alpha value is -1.31. The van der Waals surface area contributed by atoms with Crippen LogP contribution in [-0.4, -0.2) is 5.97 Å². The Morgan fingerprint density at radius 3 is 2.29 bits per heavy atom. The van der Waals surface area contributed by atoms with Gasteiger partial charge in [-0.15, -0.1) is 0 Å². The fourth-order valence-corrected chi connectivity index (χ4v) is 2.06. The highest BCUT2D eigenvalue weighted by Crippen LogP contribution is 2.23. The zero-order chi connectivity index (χ0) is 12.5. The molecule has 0 aliphatic rings. The molecule has 1 aromatic rings. The summed E-state index contributed by atoms with van der Waals surface area (Å²) in [6.45, 7) is 2.17. The fraction of sp³-hybridized carbons (Fsp3) is 0.533. The van der Waals surface area contributed by atoms with Crippen LogP contribution in [-0.2, 0) is 9.90 Å². The second-order valence-electron chi connectivity index (χ2n) is 4.49. The van der Waals surface area contributed by atoms with Gasteiger partial charge in [-0.1, -0.05) is 69.4 Å². The van der Waals surface area contributed by atoms with Crippen molar-refractivity contribution in [2.24, 2.45) is 0 Å². The van der Waals surface area contributed by atoms with Crippen LogP contribution < -0.4 is 0 Å². The Labute approximate surface area is 104 Å². The topological polar surface area (TPSA) is 37.0 Å². The van der Waals surface area contributed by atoms with Crippen LogP contribution in [0.15, 0.2) is 30.3 Å². The minimum atomic E-state index is -0.952. The molecule has 0 spiro atoms. The molecule has 0 aliphatic carbocycles. The van der Waals surface area contributed by atoms with Crippen LogP contribution in [0.1, 0.15) is 56.9 Å². The van der Waals surface area contributed by atoms with Crippen LogP contribution in [0.25, 0.3) is 0 Å². The number of unbranched alkanes of at least 4 members (excludes halogenated alkanes) is 4. The first-order valence-electron chi connectivity index (χ1n) is 6.51. The monoisotopic (exact) mass is 233 g/mol. The summed E-state index contributed by atoms with van der Waals surface area (Å²) in [6.07, 6.45) is 6.42. The van der Waals surface area contributed by atoms with Gasteiger partial charge in [0.1, 0.15) is 0 Å². The lowest BCUT2D eigenvalue weighted by molar-refractivity contribution is -0.145. The number of hydrogen-bond donors (Lipinski definition) is 0. The van der Waals surface area contributed by atoms with E-state index in [9.17, 15) is 9.90 Å². The summed E-state index contributed by atoms with van der Waals surface area (Å²) >= 11 is 0. The third-order valence-electron chi connectivity index (χ3n) is 3.08. The maximum atomic E-state index is 11.1. The summed E-state index contributed by atoms with van der Waals surface area (Å²) in [7, 11) is 0. The molecule has 2 nitrogen and oxygen atoms in total. The summed E-state index contributed by atoms with van der Waals surface area (Å²) in [6, 6.07) is 9.39. The number of carbonyl (C=O) groups is 1. The lowest BCUT2D eigenvalue weighted by Crippen LogP contribution is -2.10. The van der Waals surface area contributed by atoms with Gasteiger partial charge >= 0.3 is 5.97 Å². The second kappa shape index (κ2) is 7.88. The summed E-state index contributed by atoms with van der Waals surface area (Å²) in [5, 5.41) is 11.1. The lowest BCUT2D eigenvalue weighted by Gasteiger charge is -2.10. The average Bonchev–Trinajstić information content (AvgIpc) is 2.34. The van der Waals surface area contributed by atoms with Crippen LogP contribution in [0.5, 0.6) is 0 Å². The van der Waals surface area contributed by atoms with Crippen molar-refractivity contribution in [2.75, 3.05) is 0 Å². The Bertz CT molecular complexity index is 319.